The molecule has 3 nitrogen and oxygen atoms in total. The lowest BCUT2D eigenvalue weighted by Crippen LogP contribution is -2.26. The summed E-state index contributed by atoms with van der Waals surface area (Å²) in [7, 11) is 0. The van der Waals surface area contributed by atoms with Crippen LogP contribution in [0.2, 0.25) is 0 Å². The maximum Gasteiger partial charge on any atom is 0.123 e. The van der Waals surface area contributed by atoms with Crippen molar-refractivity contribution < 1.29 is 4.74 Å². The molecule has 0 aromatic heterocycles. The smallest absolute Gasteiger partial charge is 0.123 e. The van der Waals surface area contributed by atoms with Crippen molar-refractivity contribution in [2.24, 2.45) is 0 Å². The Labute approximate surface area is 110 Å². The van der Waals surface area contributed by atoms with Gasteiger partial charge in [-0.25, -0.2) is 0 Å². The predicted octanol–water partition coefficient (Wildman–Crippen LogP) is 3.43. The lowest BCUT2D eigenvalue weighted by molar-refractivity contribution is 0.242. The van der Waals surface area contributed by atoms with Gasteiger partial charge in [-0.2, -0.15) is 0 Å². The predicted molar refractivity (Wildman–Crippen MR) is 77.3 cm³/mol. The fourth-order valence-corrected chi connectivity index (χ4v) is 2.26. The van der Waals surface area contributed by atoms with E-state index in [4.69, 9.17) is 10.5 Å². The fraction of sp³-hybridized carbons (Fsp3) is 0.600. The zero-order valence-corrected chi connectivity index (χ0v) is 11.6. The number of anilines is 2. The molecule has 2 rings (SSSR count). The van der Waals surface area contributed by atoms with Gasteiger partial charge in [-0.3, -0.25) is 0 Å². The molecule has 1 aliphatic carbocycles. The molecular weight excluding hydrogens is 224 g/mol. The van der Waals surface area contributed by atoms with E-state index in [1.807, 2.05) is 19.9 Å². The van der Waals surface area contributed by atoms with Crippen LogP contribution in [0.3, 0.4) is 0 Å². The van der Waals surface area contributed by atoms with E-state index in [0.717, 1.165) is 24.4 Å². The van der Waals surface area contributed by atoms with Crippen LogP contribution in [0.25, 0.3) is 0 Å². The quantitative estimate of drug-likeness (QED) is 0.784. The third-order valence-electron chi connectivity index (χ3n) is 3.07. The van der Waals surface area contributed by atoms with Crippen molar-refractivity contribution in [3.63, 3.8) is 0 Å². The Hall–Kier alpha value is -1.38. The Balaban J connectivity index is 2.22. The molecule has 0 radical (unpaired) electrons. The summed E-state index contributed by atoms with van der Waals surface area (Å²) in [5.41, 5.74) is 7.97. The molecule has 0 saturated heterocycles. The summed E-state index contributed by atoms with van der Waals surface area (Å²) in [4.78, 5) is 2.46. The minimum Gasteiger partial charge on any atom is -0.491 e. The first kappa shape index (κ1) is 13.1. The SMILES string of the molecule is CCCN(c1cc(N)cc(OC(C)C)c1)C1CC1. The molecule has 3 heteroatoms. The molecule has 1 aromatic carbocycles. The highest BCUT2D eigenvalue weighted by molar-refractivity contribution is 5.61. The van der Waals surface area contributed by atoms with Gasteiger partial charge in [0, 0.05) is 36.1 Å². The number of nitrogen functional groups attached to an aromatic ring is 1. The third-order valence-corrected chi connectivity index (χ3v) is 3.07. The molecule has 100 valence electrons. The maximum absolute atomic E-state index is 5.98. The Morgan fingerprint density at radius 2 is 2.06 bits per heavy atom. The molecule has 0 spiro atoms. The van der Waals surface area contributed by atoms with Crippen LogP contribution in [-0.2, 0) is 0 Å². The second-order valence-electron chi connectivity index (χ2n) is 5.35. The first-order chi connectivity index (χ1) is 8.60. The average molecular weight is 248 g/mol. The van der Waals surface area contributed by atoms with Crippen LogP contribution in [-0.4, -0.2) is 18.7 Å². The van der Waals surface area contributed by atoms with E-state index in [9.17, 15) is 0 Å². The van der Waals surface area contributed by atoms with Gasteiger partial charge < -0.3 is 15.4 Å². The zero-order chi connectivity index (χ0) is 13.1. The van der Waals surface area contributed by atoms with E-state index in [1.165, 1.54) is 18.5 Å². The molecule has 18 heavy (non-hydrogen) atoms. The van der Waals surface area contributed by atoms with Crippen molar-refractivity contribution >= 4 is 11.4 Å². The van der Waals surface area contributed by atoms with Gasteiger partial charge in [-0.05, 0) is 39.2 Å². The summed E-state index contributed by atoms with van der Waals surface area (Å²) in [6.45, 7) is 7.38. The van der Waals surface area contributed by atoms with Crippen LogP contribution in [0.5, 0.6) is 5.75 Å². The third kappa shape index (κ3) is 3.31. The van der Waals surface area contributed by atoms with Crippen LogP contribution in [0.15, 0.2) is 18.2 Å². The number of nitrogens with two attached hydrogens (primary N) is 1. The summed E-state index contributed by atoms with van der Waals surface area (Å²) in [5.74, 6) is 0.877. The monoisotopic (exact) mass is 248 g/mol. The maximum atomic E-state index is 5.98. The highest BCUT2D eigenvalue weighted by atomic mass is 16.5. The van der Waals surface area contributed by atoms with E-state index in [-0.39, 0.29) is 6.10 Å². The Bertz CT molecular complexity index is 399. The summed E-state index contributed by atoms with van der Waals surface area (Å²) in [5, 5.41) is 0. The molecule has 0 unspecified atom stereocenters. The number of hydrogen-bond donors (Lipinski definition) is 1. The number of benzene rings is 1. The van der Waals surface area contributed by atoms with Crippen LogP contribution < -0.4 is 15.4 Å². The highest BCUT2D eigenvalue weighted by Gasteiger charge is 2.29. The van der Waals surface area contributed by atoms with Crippen molar-refractivity contribution in [3.05, 3.63) is 18.2 Å². The van der Waals surface area contributed by atoms with Crippen molar-refractivity contribution in [3.8, 4) is 5.75 Å². The van der Waals surface area contributed by atoms with Crippen molar-refractivity contribution in [1.29, 1.82) is 0 Å². The molecule has 0 amide bonds. The van der Waals surface area contributed by atoms with Crippen molar-refractivity contribution in [2.75, 3.05) is 17.2 Å². The first-order valence-corrected chi connectivity index (χ1v) is 6.94. The van der Waals surface area contributed by atoms with E-state index < -0.39 is 0 Å². The van der Waals surface area contributed by atoms with Crippen molar-refractivity contribution in [2.45, 2.75) is 52.2 Å². The molecule has 2 N–H and O–H groups in total. The average Bonchev–Trinajstić information content (AvgIpc) is 3.07. The lowest BCUT2D eigenvalue weighted by atomic mass is 10.2. The highest BCUT2D eigenvalue weighted by Crippen LogP contribution is 2.35. The van der Waals surface area contributed by atoms with Crippen LogP contribution in [0.4, 0.5) is 11.4 Å². The van der Waals surface area contributed by atoms with Gasteiger partial charge in [0.1, 0.15) is 5.75 Å². The van der Waals surface area contributed by atoms with Gasteiger partial charge in [0.05, 0.1) is 6.10 Å². The minimum absolute atomic E-state index is 0.181. The largest absolute Gasteiger partial charge is 0.491 e. The van der Waals surface area contributed by atoms with Crippen LogP contribution >= 0.6 is 0 Å². The molecule has 1 saturated carbocycles. The van der Waals surface area contributed by atoms with Gasteiger partial charge in [-0.1, -0.05) is 6.92 Å². The Morgan fingerprint density at radius 1 is 1.33 bits per heavy atom. The van der Waals surface area contributed by atoms with E-state index >= 15 is 0 Å². The lowest BCUT2D eigenvalue weighted by Gasteiger charge is -2.25. The van der Waals surface area contributed by atoms with Crippen LogP contribution in [0, 0.1) is 0 Å². The topological polar surface area (TPSA) is 38.5 Å². The van der Waals surface area contributed by atoms with E-state index in [2.05, 4.69) is 24.0 Å². The standard InChI is InChI=1S/C15H24N2O/c1-4-7-17(13-5-6-13)14-8-12(16)9-15(10-14)18-11(2)3/h8-11,13H,4-7,16H2,1-3H3. The van der Waals surface area contributed by atoms with Crippen LogP contribution in [0.1, 0.15) is 40.0 Å². The van der Waals surface area contributed by atoms with E-state index in [0.29, 0.717) is 6.04 Å². The number of ether oxygens (including phenoxy) is 1. The molecule has 1 aliphatic rings. The molecular formula is C15H24N2O. The summed E-state index contributed by atoms with van der Waals surface area (Å²) in [6, 6.07) is 6.78. The van der Waals surface area contributed by atoms with Gasteiger partial charge in [-0.15, -0.1) is 0 Å². The molecule has 0 aliphatic heterocycles. The molecule has 1 aromatic rings. The summed E-state index contributed by atoms with van der Waals surface area (Å²) < 4.78 is 5.76. The Morgan fingerprint density at radius 3 is 2.61 bits per heavy atom. The van der Waals surface area contributed by atoms with Gasteiger partial charge in [0.15, 0.2) is 0 Å². The normalized spacial score (nSPS) is 14.9. The fourth-order valence-electron chi connectivity index (χ4n) is 2.26. The second kappa shape index (κ2) is 5.51. The van der Waals surface area contributed by atoms with Gasteiger partial charge in [0.2, 0.25) is 0 Å². The second-order valence-corrected chi connectivity index (χ2v) is 5.35. The first-order valence-electron chi connectivity index (χ1n) is 6.94. The minimum atomic E-state index is 0.181. The number of rotatable bonds is 6. The van der Waals surface area contributed by atoms with Gasteiger partial charge >= 0.3 is 0 Å². The molecule has 0 atom stereocenters. The van der Waals surface area contributed by atoms with Crippen molar-refractivity contribution in [1.82, 2.24) is 0 Å². The molecule has 1 fully saturated rings. The Kier molecular flexibility index (Phi) is 4.00. The van der Waals surface area contributed by atoms with Gasteiger partial charge in [0.25, 0.3) is 0 Å². The molecule has 0 bridgehead atoms. The van der Waals surface area contributed by atoms with E-state index in [1.54, 1.807) is 0 Å². The number of hydrogen-bond acceptors (Lipinski definition) is 3. The summed E-state index contributed by atoms with van der Waals surface area (Å²) >= 11 is 0. The molecule has 0 heterocycles. The number of nitrogens with zero attached hydrogens (tertiary/aromatic N) is 1. The summed E-state index contributed by atoms with van der Waals surface area (Å²) in [6.07, 6.45) is 3.94. The zero-order valence-electron chi connectivity index (χ0n) is 11.6.